The van der Waals surface area contributed by atoms with Gasteiger partial charge in [-0.2, -0.15) is 4.98 Å². The number of hydrogen-bond donors (Lipinski definition) is 0. The topological polar surface area (TPSA) is 73.9 Å². The maximum absolute atomic E-state index is 5.48. The van der Waals surface area contributed by atoms with E-state index >= 15 is 0 Å². The summed E-state index contributed by atoms with van der Waals surface area (Å²) in [6, 6.07) is 0. The average Bonchev–Trinajstić information content (AvgIpc) is 2.66. The van der Waals surface area contributed by atoms with E-state index < -0.39 is 0 Å². The zero-order valence-electron chi connectivity index (χ0n) is 8.77. The highest BCUT2D eigenvalue weighted by Crippen LogP contribution is 2.21. The zero-order valence-corrected chi connectivity index (χ0v) is 10.4. The Hall–Kier alpha value is -1.50. The molecule has 0 radical (unpaired) electrons. The van der Waals surface area contributed by atoms with Gasteiger partial charge in [0.25, 0.3) is 0 Å². The third-order valence-electron chi connectivity index (χ3n) is 1.92. The summed E-state index contributed by atoms with van der Waals surface area (Å²) in [6.45, 7) is 3.86. The molecule has 7 heteroatoms. The van der Waals surface area contributed by atoms with Crippen molar-refractivity contribution in [2.24, 2.45) is 0 Å². The number of ether oxygens (including phenoxy) is 1. The van der Waals surface area contributed by atoms with Gasteiger partial charge >= 0.3 is 0 Å². The molecule has 0 bridgehead atoms. The van der Waals surface area contributed by atoms with Gasteiger partial charge in [0.15, 0.2) is 0 Å². The van der Waals surface area contributed by atoms with Crippen molar-refractivity contribution in [2.75, 3.05) is 0 Å². The van der Waals surface area contributed by atoms with Crippen LogP contribution in [0.1, 0.15) is 17.2 Å². The Morgan fingerprint density at radius 1 is 1.38 bits per heavy atom. The quantitative estimate of drug-likeness (QED) is 0.856. The number of hydrogen-bond acceptors (Lipinski definition) is 6. The Balaban J connectivity index is 2.10. The molecule has 0 fully saturated rings. The molecule has 2 aromatic heterocycles. The van der Waals surface area contributed by atoms with Crippen LogP contribution in [0.25, 0.3) is 0 Å². The third-order valence-corrected chi connectivity index (χ3v) is 2.47. The predicted octanol–water partition coefficient (Wildman–Crippen LogP) is 1.82. The lowest BCUT2D eigenvalue weighted by Crippen LogP contribution is -2.01. The average molecular weight is 285 g/mol. The van der Waals surface area contributed by atoms with E-state index in [9.17, 15) is 0 Å². The molecule has 2 heterocycles. The van der Waals surface area contributed by atoms with Crippen molar-refractivity contribution in [2.45, 2.75) is 20.5 Å². The van der Waals surface area contributed by atoms with Crippen LogP contribution < -0.4 is 4.74 Å². The van der Waals surface area contributed by atoms with Crippen molar-refractivity contribution in [1.82, 2.24) is 20.3 Å². The van der Waals surface area contributed by atoms with Gasteiger partial charge < -0.3 is 4.74 Å². The molecular weight excluding hydrogens is 276 g/mol. The SMILES string of the molecule is Cc1ncc(Br)c(OCc2nonc2C)n1. The summed E-state index contributed by atoms with van der Waals surface area (Å²) in [5, 5.41) is 7.37. The van der Waals surface area contributed by atoms with E-state index in [-0.39, 0.29) is 6.61 Å². The highest BCUT2D eigenvalue weighted by Gasteiger charge is 2.09. The molecule has 0 spiro atoms. The first-order valence-electron chi connectivity index (χ1n) is 4.57. The first-order chi connectivity index (χ1) is 7.66. The van der Waals surface area contributed by atoms with Crippen LogP contribution in [0.2, 0.25) is 0 Å². The number of halogens is 1. The van der Waals surface area contributed by atoms with Gasteiger partial charge in [0.2, 0.25) is 5.88 Å². The molecule has 2 aromatic rings. The van der Waals surface area contributed by atoms with Gasteiger partial charge in [-0.25, -0.2) is 9.61 Å². The molecule has 6 nitrogen and oxygen atoms in total. The van der Waals surface area contributed by atoms with Crippen molar-refractivity contribution >= 4 is 15.9 Å². The van der Waals surface area contributed by atoms with Crippen LogP contribution in [-0.4, -0.2) is 20.3 Å². The summed E-state index contributed by atoms with van der Waals surface area (Å²) in [4.78, 5) is 8.16. The van der Waals surface area contributed by atoms with Gasteiger partial charge in [-0.05, 0) is 29.8 Å². The van der Waals surface area contributed by atoms with Crippen LogP contribution in [-0.2, 0) is 6.61 Å². The first-order valence-corrected chi connectivity index (χ1v) is 5.36. The summed E-state index contributed by atoms with van der Waals surface area (Å²) in [5.41, 5.74) is 1.37. The fourth-order valence-corrected chi connectivity index (χ4v) is 1.36. The second-order valence-electron chi connectivity index (χ2n) is 3.16. The van der Waals surface area contributed by atoms with Crippen molar-refractivity contribution < 1.29 is 9.37 Å². The Labute approximate surface area is 100 Å². The summed E-state index contributed by atoms with van der Waals surface area (Å²) >= 11 is 3.30. The molecular formula is C9H9BrN4O2. The Kier molecular flexibility index (Phi) is 3.14. The lowest BCUT2D eigenvalue weighted by molar-refractivity contribution is 0.262. The van der Waals surface area contributed by atoms with Gasteiger partial charge in [0, 0.05) is 6.20 Å². The highest BCUT2D eigenvalue weighted by atomic mass is 79.9. The van der Waals surface area contributed by atoms with Crippen LogP contribution in [0.5, 0.6) is 5.88 Å². The Morgan fingerprint density at radius 3 is 2.88 bits per heavy atom. The fourth-order valence-electron chi connectivity index (χ4n) is 1.05. The second-order valence-corrected chi connectivity index (χ2v) is 4.01. The van der Waals surface area contributed by atoms with Crippen molar-refractivity contribution in [3.63, 3.8) is 0 Å². The second kappa shape index (κ2) is 4.56. The third kappa shape index (κ3) is 2.35. The fraction of sp³-hybridized carbons (Fsp3) is 0.333. The number of aromatic nitrogens is 4. The lowest BCUT2D eigenvalue weighted by atomic mass is 10.4. The van der Waals surface area contributed by atoms with Gasteiger partial charge in [0.1, 0.15) is 23.8 Å². The number of nitrogens with zero attached hydrogens (tertiary/aromatic N) is 4. The Bertz CT molecular complexity index is 500. The van der Waals surface area contributed by atoms with Gasteiger partial charge in [-0.1, -0.05) is 10.3 Å². The molecule has 0 saturated heterocycles. The van der Waals surface area contributed by atoms with E-state index in [4.69, 9.17) is 4.74 Å². The van der Waals surface area contributed by atoms with E-state index in [0.29, 0.717) is 27.6 Å². The van der Waals surface area contributed by atoms with Crippen LogP contribution in [0.15, 0.2) is 15.3 Å². The monoisotopic (exact) mass is 284 g/mol. The molecule has 0 amide bonds. The molecule has 0 N–H and O–H groups in total. The van der Waals surface area contributed by atoms with E-state index in [2.05, 4.69) is 40.8 Å². The molecule has 0 aliphatic rings. The van der Waals surface area contributed by atoms with Crippen LogP contribution in [0, 0.1) is 13.8 Å². The summed E-state index contributed by atoms with van der Waals surface area (Å²) in [6.07, 6.45) is 1.64. The maximum Gasteiger partial charge on any atom is 0.231 e. The van der Waals surface area contributed by atoms with Crippen LogP contribution >= 0.6 is 15.9 Å². The maximum atomic E-state index is 5.48. The normalized spacial score (nSPS) is 10.4. The van der Waals surface area contributed by atoms with Gasteiger partial charge in [-0.15, -0.1) is 0 Å². The highest BCUT2D eigenvalue weighted by molar-refractivity contribution is 9.10. The van der Waals surface area contributed by atoms with Crippen LogP contribution in [0.3, 0.4) is 0 Å². The minimum atomic E-state index is 0.268. The molecule has 0 aliphatic heterocycles. The number of rotatable bonds is 3. The largest absolute Gasteiger partial charge is 0.470 e. The predicted molar refractivity (Wildman–Crippen MR) is 57.8 cm³/mol. The van der Waals surface area contributed by atoms with E-state index in [1.807, 2.05) is 0 Å². The minimum absolute atomic E-state index is 0.268. The molecule has 0 aromatic carbocycles. The van der Waals surface area contributed by atoms with Gasteiger partial charge in [-0.3, -0.25) is 0 Å². The van der Waals surface area contributed by atoms with E-state index in [1.54, 1.807) is 20.0 Å². The zero-order chi connectivity index (χ0) is 11.5. The summed E-state index contributed by atoms with van der Waals surface area (Å²) < 4.78 is 10.7. The van der Waals surface area contributed by atoms with Crippen molar-refractivity contribution in [3.8, 4) is 5.88 Å². The van der Waals surface area contributed by atoms with Crippen molar-refractivity contribution in [3.05, 3.63) is 27.9 Å². The van der Waals surface area contributed by atoms with Crippen molar-refractivity contribution in [1.29, 1.82) is 0 Å². The van der Waals surface area contributed by atoms with E-state index in [1.165, 1.54) is 0 Å². The summed E-state index contributed by atoms with van der Waals surface area (Å²) in [7, 11) is 0. The molecule has 16 heavy (non-hydrogen) atoms. The lowest BCUT2D eigenvalue weighted by Gasteiger charge is -2.05. The van der Waals surface area contributed by atoms with Gasteiger partial charge in [0.05, 0.1) is 4.47 Å². The Morgan fingerprint density at radius 2 is 2.19 bits per heavy atom. The van der Waals surface area contributed by atoms with E-state index in [0.717, 1.165) is 0 Å². The minimum Gasteiger partial charge on any atom is -0.470 e. The molecule has 84 valence electrons. The molecule has 0 aliphatic carbocycles. The molecule has 0 unspecified atom stereocenters. The molecule has 0 atom stereocenters. The smallest absolute Gasteiger partial charge is 0.231 e. The van der Waals surface area contributed by atoms with Crippen LogP contribution in [0.4, 0.5) is 0 Å². The summed E-state index contributed by atoms with van der Waals surface area (Å²) in [5.74, 6) is 1.13. The standard InChI is InChI=1S/C9H9BrN4O2/c1-5-8(14-16-13-5)4-15-9-7(10)3-11-6(2)12-9/h3H,4H2,1-2H3. The molecule has 0 saturated carbocycles. The first kappa shape index (κ1) is 11.0. The number of aryl methyl sites for hydroxylation is 2. The molecule has 2 rings (SSSR count).